The highest BCUT2D eigenvalue weighted by Crippen LogP contribution is 2.30. The molecule has 0 saturated heterocycles. The Morgan fingerprint density at radius 3 is 2.56 bits per heavy atom. The first-order valence-electron chi connectivity index (χ1n) is 4.70. The fourth-order valence-corrected chi connectivity index (χ4v) is 1.38. The summed E-state index contributed by atoms with van der Waals surface area (Å²) in [6, 6.07) is 4.86. The molecule has 88 valence electrons. The van der Waals surface area contributed by atoms with Crippen molar-refractivity contribution in [1.29, 1.82) is 0 Å². The van der Waals surface area contributed by atoms with E-state index in [1.165, 1.54) is 14.2 Å². The molecule has 5 nitrogen and oxygen atoms in total. The number of aliphatic hydroxyl groups is 1. The first-order valence-corrected chi connectivity index (χ1v) is 4.70. The molecule has 1 atom stereocenters. The summed E-state index contributed by atoms with van der Waals surface area (Å²) in [5.41, 5.74) is 0.407. The normalized spacial score (nSPS) is 11.9. The molecule has 16 heavy (non-hydrogen) atoms. The zero-order valence-corrected chi connectivity index (χ0v) is 9.14. The molecule has 0 aromatic heterocycles. The van der Waals surface area contributed by atoms with Crippen molar-refractivity contribution in [1.82, 2.24) is 0 Å². The van der Waals surface area contributed by atoms with Crippen molar-refractivity contribution in [2.45, 2.75) is 12.5 Å². The molecule has 2 N–H and O–H groups in total. The van der Waals surface area contributed by atoms with Crippen LogP contribution in [0.4, 0.5) is 0 Å². The van der Waals surface area contributed by atoms with Crippen LogP contribution in [0.25, 0.3) is 0 Å². The Hall–Kier alpha value is -1.75. The number of ether oxygens (including phenoxy) is 2. The van der Waals surface area contributed by atoms with Crippen LogP contribution < -0.4 is 9.47 Å². The molecule has 0 bridgehead atoms. The smallest absolute Gasteiger partial charge is 0.306 e. The summed E-state index contributed by atoms with van der Waals surface area (Å²) in [7, 11) is 2.95. The fraction of sp³-hybridized carbons (Fsp3) is 0.364. The van der Waals surface area contributed by atoms with Crippen molar-refractivity contribution in [3.8, 4) is 11.5 Å². The van der Waals surface area contributed by atoms with Gasteiger partial charge in [0, 0.05) is 5.56 Å². The standard InChI is InChI=1S/C11H14O5/c1-15-7-3-4-10(16-2)8(5-7)9(12)6-11(13)14/h3-5,9,12H,6H2,1-2H3,(H,13,14)/t9-/m0/s1. The molecule has 0 heterocycles. The highest BCUT2D eigenvalue weighted by Gasteiger charge is 2.17. The van der Waals surface area contributed by atoms with Crippen molar-refractivity contribution in [2.75, 3.05) is 14.2 Å². The van der Waals surface area contributed by atoms with Crippen LogP contribution in [0.5, 0.6) is 11.5 Å². The molecule has 5 heteroatoms. The Bertz CT molecular complexity index is 375. The summed E-state index contributed by atoms with van der Waals surface area (Å²) in [4.78, 5) is 10.5. The van der Waals surface area contributed by atoms with Crippen molar-refractivity contribution in [3.63, 3.8) is 0 Å². The van der Waals surface area contributed by atoms with Crippen molar-refractivity contribution < 1.29 is 24.5 Å². The lowest BCUT2D eigenvalue weighted by Gasteiger charge is -2.14. The zero-order chi connectivity index (χ0) is 12.1. The number of hydrogen-bond donors (Lipinski definition) is 2. The number of carboxylic acids is 1. The van der Waals surface area contributed by atoms with Crippen LogP contribution in [0.2, 0.25) is 0 Å². The molecular formula is C11H14O5. The molecule has 0 fully saturated rings. The first kappa shape index (κ1) is 12.3. The maximum atomic E-state index is 10.5. The molecular weight excluding hydrogens is 212 g/mol. The van der Waals surface area contributed by atoms with E-state index >= 15 is 0 Å². The predicted octanol–water partition coefficient (Wildman–Crippen LogP) is 1.21. The van der Waals surface area contributed by atoms with Crippen molar-refractivity contribution in [2.24, 2.45) is 0 Å². The van der Waals surface area contributed by atoms with E-state index in [9.17, 15) is 9.90 Å². The minimum atomic E-state index is -1.11. The Balaban J connectivity index is 3.02. The second kappa shape index (κ2) is 5.37. The predicted molar refractivity (Wildman–Crippen MR) is 56.8 cm³/mol. The van der Waals surface area contributed by atoms with Crippen LogP contribution in [0.3, 0.4) is 0 Å². The van der Waals surface area contributed by atoms with Gasteiger partial charge in [-0.3, -0.25) is 4.79 Å². The average Bonchev–Trinajstić information content (AvgIpc) is 2.27. The van der Waals surface area contributed by atoms with Gasteiger partial charge in [-0.1, -0.05) is 0 Å². The van der Waals surface area contributed by atoms with Gasteiger partial charge < -0.3 is 19.7 Å². The number of carbonyl (C=O) groups is 1. The zero-order valence-electron chi connectivity index (χ0n) is 9.14. The van der Waals surface area contributed by atoms with Gasteiger partial charge >= 0.3 is 5.97 Å². The number of aliphatic hydroxyl groups excluding tert-OH is 1. The highest BCUT2D eigenvalue weighted by molar-refractivity contribution is 5.68. The average molecular weight is 226 g/mol. The van der Waals surface area contributed by atoms with E-state index < -0.39 is 12.1 Å². The van der Waals surface area contributed by atoms with E-state index in [0.29, 0.717) is 17.1 Å². The van der Waals surface area contributed by atoms with E-state index in [4.69, 9.17) is 14.6 Å². The third-order valence-corrected chi connectivity index (χ3v) is 2.16. The molecule has 1 aromatic carbocycles. The molecule has 0 saturated carbocycles. The minimum Gasteiger partial charge on any atom is -0.497 e. The lowest BCUT2D eigenvalue weighted by Crippen LogP contribution is -2.07. The molecule has 0 unspecified atom stereocenters. The molecule has 0 aliphatic carbocycles. The number of rotatable bonds is 5. The van der Waals surface area contributed by atoms with Gasteiger partial charge in [0.15, 0.2) is 0 Å². The molecule has 0 aliphatic rings. The lowest BCUT2D eigenvalue weighted by atomic mass is 10.1. The van der Waals surface area contributed by atoms with Crippen LogP contribution in [0, 0.1) is 0 Å². The van der Waals surface area contributed by atoms with Gasteiger partial charge in [-0.15, -0.1) is 0 Å². The first-order chi connectivity index (χ1) is 7.58. The third kappa shape index (κ3) is 2.87. The van der Waals surface area contributed by atoms with E-state index in [1.807, 2.05) is 0 Å². The van der Waals surface area contributed by atoms with Gasteiger partial charge in [0.05, 0.1) is 26.7 Å². The Kier molecular flexibility index (Phi) is 4.13. The van der Waals surface area contributed by atoms with E-state index in [-0.39, 0.29) is 6.42 Å². The lowest BCUT2D eigenvalue weighted by molar-refractivity contribution is -0.139. The van der Waals surface area contributed by atoms with Crippen LogP contribution in [-0.2, 0) is 4.79 Å². The molecule has 1 rings (SSSR count). The largest absolute Gasteiger partial charge is 0.497 e. The van der Waals surface area contributed by atoms with Crippen LogP contribution in [0.1, 0.15) is 18.1 Å². The quantitative estimate of drug-likeness (QED) is 0.789. The second-order valence-electron chi connectivity index (χ2n) is 3.22. The van der Waals surface area contributed by atoms with Gasteiger partial charge in [-0.25, -0.2) is 0 Å². The molecule has 0 radical (unpaired) electrons. The Morgan fingerprint density at radius 2 is 2.06 bits per heavy atom. The summed E-state index contributed by atoms with van der Waals surface area (Å²) < 4.78 is 10.0. The SMILES string of the molecule is COc1ccc(OC)c([C@@H](O)CC(=O)O)c1. The Labute approximate surface area is 93.2 Å². The Morgan fingerprint density at radius 1 is 1.38 bits per heavy atom. The van der Waals surface area contributed by atoms with Gasteiger partial charge in [-0.2, -0.15) is 0 Å². The summed E-state index contributed by atoms with van der Waals surface area (Å²) in [5.74, 6) is -0.0906. The van der Waals surface area contributed by atoms with Gasteiger partial charge in [0.2, 0.25) is 0 Å². The number of carboxylic acid groups (broad SMARTS) is 1. The number of benzene rings is 1. The van der Waals surface area contributed by atoms with Crippen LogP contribution in [0.15, 0.2) is 18.2 Å². The summed E-state index contributed by atoms with van der Waals surface area (Å²) >= 11 is 0. The number of aliphatic carboxylic acids is 1. The van der Waals surface area contributed by atoms with Crippen molar-refractivity contribution in [3.05, 3.63) is 23.8 Å². The summed E-state index contributed by atoms with van der Waals surface area (Å²) in [6.45, 7) is 0. The summed E-state index contributed by atoms with van der Waals surface area (Å²) in [5, 5.41) is 18.3. The van der Waals surface area contributed by atoms with Crippen molar-refractivity contribution >= 4 is 5.97 Å². The maximum absolute atomic E-state index is 10.5. The summed E-state index contributed by atoms with van der Waals surface area (Å²) in [6.07, 6.45) is -1.48. The molecule has 0 spiro atoms. The number of methoxy groups -OCH3 is 2. The second-order valence-corrected chi connectivity index (χ2v) is 3.22. The minimum absolute atomic E-state index is 0.372. The monoisotopic (exact) mass is 226 g/mol. The third-order valence-electron chi connectivity index (χ3n) is 2.16. The topological polar surface area (TPSA) is 76.0 Å². The van der Waals surface area contributed by atoms with Crippen LogP contribution in [-0.4, -0.2) is 30.4 Å². The number of hydrogen-bond acceptors (Lipinski definition) is 4. The molecule has 1 aromatic rings. The van der Waals surface area contributed by atoms with E-state index in [0.717, 1.165) is 0 Å². The fourth-order valence-electron chi connectivity index (χ4n) is 1.38. The van der Waals surface area contributed by atoms with Crippen LogP contribution >= 0.6 is 0 Å². The van der Waals surface area contributed by atoms with E-state index in [1.54, 1.807) is 18.2 Å². The van der Waals surface area contributed by atoms with Gasteiger partial charge in [0.1, 0.15) is 11.5 Å². The maximum Gasteiger partial charge on any atom is 0.306 e. The molecule has 0 amide bonds. The van der Waals surface area contributed by atoms with Gasteiger partial charge in [0.25, 0.3) is 0 Å². The molecule has 0 aliphatic heterocycles. The highest BCUT2D eigenvalue weighted by atomic mass is 16.5. The van der Waals surface area contributed by atoms with E-state index in [2.05, 4.69) is 0 Å². The van der Waals surface area contributed by atoms with Gasteiger partial charge in [-0.05, 0) is 18.2 Å².